The molecule has 1 heterocycles. The highest BCUT2D eigenvalue weighted by molar-refractivity contribution is 7.88. The number of sulfonamides is 1. The smallest absolute Gasteiger partial charge is 0.418 e. The minimum Gasteiger partial charge on any atom is -0.743 e. The van der Waals surface area contributed by atoms with Crippen LogP contribution in [0.4, 0.5) is 22.8 Å². The molecule has 1 saturated heterocycles. The predicted octanol–water partition coefficient (Wildman–Crippen LogP) is -0.704. The number of nitrogens with zero attached hydrogens (tertiary/aromatic N) is 2. The summed E-state index contributed by atoms with van der Waals surface area (Å²) in [7, 11) is -10.3. The molecule has 0 N–H and O–H groups in total. The van der Waals surface area contributed by atoms with Gasteiger partial charge in [-0.05, 0) is 0 Å². The van der Waals surface area contributed by atoms with Crippen molar-refractivity contribution in [3.63, 3.8) is 0 Å². The van der Waals surface area contributed by atoms with Gasteiger partial charge >= 0.3 is 17.4 Å². The standard InChI is InChI=1S/C8H11F3N2O8S2/c1-22(16,17)13-3-2-12(6(13)14)7(15)21-4-5(9)8(10,11)23(18,19)20/h5H,2-4H2,1H3,(H,18,19,20)/p-1. The third kappa shape index (κ3) is 4.03. The average molecular weight is 383 g/mol. The first kappa shape index (κ1) is 19.4. The van der Waals surface area contributed by atoms with Gasteiger partial charge in [0.2, 0.25) is 16.2 Å². The van der Waals surface area contributed by atoms with Crippen LogP contribution in [0.25, 0.3) is 0 Å². The summed E-state index contributed by atoms with van der Waals surface area (Å²) >= 11 is 0. The molecule has 0 spiro atoms. The van der Waals surface area contributed by atoms with E-state index in [4.69, 9.17) is 0 Å². The van der Waals surface area contributed by atoms with Gasteiger partial charge in [0.15, 0.2) is 10.1 Å². The Labute approximate surface area is 128 Å². The Kier molecular flexibility index (Phi) is 5.17. The quantitative estimate of drug-likeness (QED) is 0.567. The van der Waals surface area contributed by atoms with Gasteiger partial charge in [-0.2, -0.15) is 8.78 Å². The van der Waals surface area contributed by atoms with Gasteiger partial charge in [0.25, 0.3) is 0 Å². The highest BCUT2D eigenvalue weighted by atomic mass is 32.2. The van der Waals surface area contributed by atoms with Crippen LogP contribution in [0.2, 0.25) is 0 Å². The topological polar surface area (TPSA) is 141 Å². The number of urea groups is 1. The fourth-order valence-corrected chi connectivity index (χ4v) is 2.65. The third-order valence-electron chi connectivity index (χ3n) is 2.64. The number of rotatable bonds is 5. The molecule has 0 radical (unpaired) electrons. The Balaban J connectivity index is 2.71. The summed E-state index contributed by atoms with van der Waals surface area (Å²) in [5.41, 5.74) is 0. The second-order valence-electron chi connectivity index (χ2n) is 4.33. The lowest BCUT2D eigenvalue weighted by molar-refractivity contribution is -0.0333. The van der Waals surface area contributed by atoms with Crippen LogP contribution in [0.15, 0.2) is 0 Å². The maximum Gasteiger partial charge on any atom is 0.418 e. The van der Waals surface area contributed by atoms with Crippen molar-refractivity contribution in [2.45, 2.75) is 11.4 Å². The number of imide groups is 1. The maximum absolute atomic E-state index is 13.1. The Bertz CT molecular complexity index is 707. The molecular formula is C8H10F3N2O8S2-. The van der Waals surface area contributed by atoms with E-state index in [1.165, 1.54) is 0 Å². The molecule has 1 fully saturated rings. The number of halogens is 3. The van der Waals surface area contributed by atoms with Crippen molar-refractivity contribution < 1.29 is 48.9 Å². The zero-order valence-corrected chi connectivity index (χ0v) is 12.9. The largest absolute Gasteiger partial charge is 0.743 e. The van der Waals surface area contributed by atoms with Gasteiger partial charge in [0.05, 0.1) is 19.3 Å². The molecule has 3 amide bonds. The zero-order valence-electron chi connectivity index (χ0n) is 11.3. The normalized spacial score (nSPS) is 18.2. The van der Waals surface area contributed by atoms with E-state index in [0.29, 0.717) is 6.26 Å². The van der Waals surface area contributed by atoms with E-state index in [9.17, 15) is 44.1 Å². The Morgan fingerprint density at radius 2 is 1.87 bits per heavy atom. The number of carbonyl (C=O) groups is 2. The van der Waals surface area contributed by atoms with Crippen LogP contribution in [0, 0.1) is 0 Å². The summed E-state index contributed by atoms with van der Waals surface area (Å²) in [5.74, 6) is 0. The summed E-state index contributed by atoms with van der Waals surface area (Å²) in [5, 5.41) is -5.33. The highest BCUT2D eigenvalue weighted by Gasteiger charge is 2.48. The molecule has 23 heavy (non-hydrogen) atoms. The first-order valence-corrected chi connectivity index (χ1v) is 8.88. The molecule has 0 aromatic carbocycles. The van der Waals surface area contributed by atoms with Crippen molar-refractivity contribution in [1.82, 2.24) is 9.21 Å². The molecule has 1 aliphatic rings. The fraction of sp³-hybridized carbons (Fsp3) is 0.750. The summed E-state index contributed by atoms with van der Waals surface area (Å²) in [4.78, 5) is 23.2. The van der Waals surface area contributed by atoms with Crippen LogP contribution in [0.1, 0.15) is 0 Å². The first-order chi connectivity index (χ1) is 10.2. The first-order valence-electron chi connectivity index (χ1n) is 5.63. The minimum absolute atomic E-state index is 0.192. The molecule has 0 aromatic heterocycles. The molecule has 10 nitrogen and oxygen atoms in total. The van der Waals surface area contributed by atoms with Gasteiger partial charge in [-0.3, -0.25) is 0 Å². The molecule has 0 bridgehead atoms. The summed E-state index contributed by atoms with van der Waals surface area (Å²) in [6.07, 6.45) is -4.64. The number of hydrogen-bond donors (Lipinski definition) is 0. The number of ether oxygens (including phenoxy) is 1. The lowest BCUT2D eigenvalue weighted by Gasteiger charge is -2.23. The van der Waals surface area contributed by atoms with Gasteiger partial charge in [-0.15, -0.1) is 0 Å². The van der Waals surface area contributed by atoms with E-state index >= 15 is 0 Å². The lowest BCUT2D eigenvalue weighted by atomic mass is 10.4. The third-order valence-corrected chi connectivity index (χ3v) is 4.70. The van der Waals surface area contributed by atoms with Gasteiger partial charge in [-0.1, -0.05) is 0 Å². The van der Waals surface area contributed by atoms with Crippen molar-refractivity contribution >= 4 is 32.3 Å². The monoisotopic (exact) mass is 383 g/mol. The van der Waals surface area contributed by atoms with Crippen molar-refractivity contribution in [3.05, 3.63) is 0 Å². The van der Waals surface area contributed by atoms with Crippen LogP contribution < -0.4 is 0 Å². The Morgan fingerprint density at radius 3 is 2.26 bits per heavy atom. The molecule has 0 saturated carbocycles. The summed E-state index contributed by atoms with van der Waals surface area (Å²) in [6, 6.07) is -1.34. The van der Waals surface area contributed by atoms with Crippen molar-refractivity contribution in [3.8, 4) is 0 Å². The van der Waals surface area contributed by atoms with E-state index in [0.717, 1.165) is 0 Å². The van der Waals surface area contributed by atoms with Crippen LogP contribution in [-0.2, 0) is 24.9 Å². The number of amides is 3. The zero-order chi connectivity index (χ0) is 18.2. The van der Waals surface area contributed by atoms with Crippen molar-refractivity contribution in [1.29, 1.82) is 0 Å². The highest BCUT2D eigenvalue weighted by Crippen LogP contribution is 2.27. The summed E-state index contributed by atoms with van der Waals surface area (Å²) < 4.78 is 95.9. The van der Waals surface area contributed by atoms with E-state index in [1.807, 2.05) is 0 Å². The van der Waals surface area contributed by atoms with Crippen molar-refractivity contribution in [2.24, 2.45) is 0 Å². The molecular weight excluding hydrogens is 373 g/mol. The van der Waals surface area contributed by atoms with E-state index in [2.05, 4.69) is 4.74 Å². The van der Waals surface area contributed by atoms with Crippen molar-refractivity contribution in [2.75, 3.05) is 26.0 Å². The molecule has 15 heteroatoms. The fourth-order valence-electron chi connectivity index (χ4n) is 1.47. The molecule has 134 valence electrons. The summed E-state index contributed by atoms with van der Waals surface area (Å²) in [6.45, 7) is -2.72. The number of alkyl halides is 3. The van der Waals surface area contributed by atoms with Crippen LogP contribution >= 0.6 is 0 Å². The molecule has 1 unspecified atom stereocenters. The number of hydrogen-bond acceptors (Lipinski definition) is 8. The predicted molar refractivity (Wildman–Crippen MR) is 64.5 cm³/mol. The van der Waals surface area contributed by atoms with Gasteiger partial charge in [0.1, 0.15) is 6.61 Å². The molecule has 1 aliphatic heterocycles. The van der Waals surface area contributed by atoms with Crippen LogP contribution in [0.3, 0.4) is 0 Å². The van der Waals surface area contributed by atoms with Gasteiger partial charge in [-0.25, -0.2) is 40.0 Å². The Hall–Kier alpha value is -1.61. The average Bonchev–Trinajstić information content (AvgIpc) is 2.75. The minimum atomic E-state index is -6.33. The Morgan fingerprint density at radius 1 is 1.35 bits per heavy atom. The maximum atomic E-state index is 13.1. The van der Waals surface area contributed by atoms with Gasteiger partial charge < -0.3 is 9.29 Å². The van der Waals surface area contributed by atoms with E-state index < -0.39 is 63.4 Å². The molecule has 1 atom stereocenters. The van der Waals surface area contributed by atoms with Crippen LogP contribution in [0.5, 0.6) is 0 Å². The van der Waals surface area contributed by atoms with Crippen LogP contribution in [-0.4, -0.2) is 80.1 Å². The van der Waals surface area contributed by atoms with E-state index in [-0.39, 0.29) is 9.21 Å². The van der Waals surface area contributed by atoms with Gasteiger partial charge in [0, 0.05) is 0 Å². The second-order valence-corrected chi connectivity index (χ2v) is 7.69. The second kappa shape index (κ2) is 6.12. The lowest BCUT2D eigenvalue weighted by Crippen LogP contribution is -2.43. The molecule has 1 rings (SSSR count). The number of carbonyl (C=O) groups excluding carboxylic acids is 2. The SMILES string of the molecule is CS(=O)(=O)N1CCN(C(=O)OCC(F)C(F)(F)S(=O)(=O)[O-])C1=O. The molecule has 0 aliphatic carbocycles. The molecule has 0 aromatic rings. The van der Waals surface area contributed by atoms with E-state index in [1.54, 1.807) is 0 Å².